The Bertz CT molecular complexity index is 962. The topological polar surface area (TPSA) is 121 Å². The summed E-state index contributed by atoms with van der Waals surface area (Å²) in [5.74, 6) is 0.0986. The minimum atomic E-state index is -1.01. The number of aryl methyl sites for hydroxylation is 1. The number of rotatable bonds is 5. The summed E-state index contributed by atoms with van der Waals surface area (Å²) in [4.78, 5) is 13.5. The molecule has 1 aliphatic rings. The molecule has 28 heavy (non-hydrogen) atoms. The maximum atomic E-state index is 10.4. The van der Waals surface area contributed by atoms with E-state index in [-0.39, 0.29) is 18.5 Å². The summed E-state index contributed by atoms with van der Waals surface area (Å²) in [6.45, 7) is 1.67. The molecule has 1 fully saturated rings. The van der Waals surface area contributed by atoms with Crippen molar-refractivity contribution in [3.8, 4) is 16.6 Å². The van der Waals surface area contributed by atoms with E-state index in [1.165, 1.54) is 18.4 Å². The van der Waals surface area contributed by atoms with Gasteiger partial charge in [0.15, 0.2) is 0 Å². The summed E-state index contributed by atoms with van der Waals surface area (Å²) in [5, 5.41) is 33.9. The lowest BCUT2D eigenvalue weighted by atomic mass is 10.1. The first-order valence-corrected chi connectivity index (χ1v) is 9.85. The van der Waals surface area contributed by atoms with Crippen LogP contribution in [0.15, 0.2) is 24.3 Å². The minimum absolute atomic E-state index is 0.187. The molecule has 0 bridgehead atoms. The number of ether oxygens (including phenoxy) is 1. The average Bonchev–Trinajstić information content (AvgIpc) is 3.23. The van der Waals surface area contributed by atoms with Crippen molar-refractivity contribution in [2.24, 2.45) is 5.92 Å². The van der Waals surface area contributed by atoms with Crippen LogP contribution < -0.4 is 10.1 Å². The second-order valence-corrected chi connectivity index (χ2v) is 7.95. The van der Waals surface area contributed by atoms with Crippen LogP contribution in [0.4, 0.5) is 5.82 Å². The quantitative estimate of drug-likeness (QED) is 0.508. The summed E-state index contributed by atoms with van der Waals surface area (Å²) in [5.41, 5.74) is 2.32. The van der Waals surface area contributed by atoms with Crippen molar-refractivity contribution >= 4 is 27.4 Å². The van der Waals surface area contributed by atoms with Crippen molar-refractivity contribution in [1.29, 1.82) is 0 Å². The molecule has 1 saturated carbocycles. The fourth-order valence-electron chi connectivity index (χ4n) is 3.60. The van der Waals surface area contributed by atoms with Gasteiger partial charge in [-0.15, -0.1) is 11.3 Å². The molecule has 1 aliphatic carbocycles. The Kier molecular flexibility index (Phi) is 5.15. The van der Waals surface area contributed by atoms with Crippen LogP contribution in [0.2, 0.25) is 0 Å². The van der Waals surface area contributed by atoms with Crippen LogP contribution in [-0.2, 0) is 0 Å². The van der Waals surface area contributed by atoms with Crippen LogP contribution in [0.25, 0.3) is 20.8 Å². The molecular formula is C19H22N4O4S. The van der Waals surface area contributed by atoms with Gasteiger partial charge < -0.3 is 25.4 Å². The number of fused-ring (bicyclic) bond motifs is 1. The number of hydrogen-bond acceptors (Lipinski definition) is 9. The highest BCUT2D eigenvalue weighted by atomic mass is 32.1. The molecule has 8 nitrogen and oxygen atoms in total. The van der Waals surface area contributed by atoms with Crippen molar-refractivity contribution in [2.45, 2.75) is 31.6 Å². The van der Waals surface area contributed by atoms with Gasteiger partial charge in [-0.25, -0.2) is 4.98 Å². The third-order valence-corrected chi connectivity index (χ3v) is 6.17. The Balaban J connectivity index is 1.76. The third kappa shape index (κ3) is 3.30. The molecule has 0 radical (unpaired) electrons. The van der Waals surface area contributed by atoms with E-state index in [1.807, 2.05) is 31.2 Å². The highest BCUT2D eigenvalue weighted by Gasteiger charge is 2.41. The molecule has 4 N–H and O–H groups in total. The van der Waals surface area contributed by atoms with Gasteiger partial charge in [0.1, 0.15) is 16.9 Å². The van der Waals surface area contributed by atoms with E-state index in [4.69, 9.17) is 9.72 Å². The Morgan fingerprint density at radius 3 is 2.64 bits per heavy atom. The minimum Gasteiger partial charge on any atom is -0.467 e. The monoisotopic (exact) mass is 402 g/mol. The molecule has 2 heterocycles. The molecule has 4 atom stereocenters. The van der Waals surface area contributed by atoms with Crippen molar-refractivity contribution in [1.82, 2.24) is 15.0 Å². The zero-order valence-corrected chi connectivity index (χ0v) is 16.3. The summed E-state index contributed by atoms with van der Waals surface area (Å²) in [7, 11) is 1.49. The van der Waals surface area contributed by atoms with E-state index in [0.717, 1.165) is 20.8 Å². The third-order valence-electron chi connectivity index (χ3n) is 5.12. The maximum Gasteiger partial charge on any atom is 0.318 e. The van der Waals surface area contributed by atoms with Crippen LogP contribution in [-0.4, -0.2) is 62.2 Å². The zero-order chi connectivity index (χ0) is 19.8. The van der Waals surface area contributed by atoms with E-state index in [1.54, 1.807) is 0 Å². The van der Waals surface area contributed by atoms with Gasteiger partial charge in [0.25, 0.3) is 0 Å². The predicted molar refractivity (Wildman–Crippen MR) is 107 cm³/mol. The average molecular weight is 402 g/mol. The number of aliphatic hydroxyl groups excluding tert-OH is 3. The lowest BCUT2D eigenvalue weighted by Gasteiger charge is -2.20. The molecule has 4 unspecified atom stereocenters. The summed E-state index contributed by atoms with van der Waals surface area (Å²) >= 11 is 1.53. The molecule has 0 aliphatic heterocycles. The molecule has 0 amide bonds. The van der Waals surface area contributed by atoms with E-state index in [0.29, 0.717) is 17.9 Å². The number of anilines is 1. The van der Waals surface area contributed by atoms with Crippen LogP contribution in [0, 0.1) is 12.8 Å². The number of aromatic nitrogens is 3. The molecule has 4 rings (SSSR count). The molecule has 3 aromatic rings. The van der Waals surface area contributed by atoms with E-state index >= 15 is 0 Å². The SMILES string of the molecule is COc1nc(C)c(-c2nc3ccccc3s2)c(NC2CC(CO)C(O)C2O)n1. The van der Waals surface area contributed by atoms with Crippen LogP contribution in [0.3, 0.4) is 0 Å². The van der Waals surface area contributed by atoms with Gasteiger partial charge in [0.05, 0.1) is 40.7 Å². The van der Waals surface area contributed by atoms with Crippen molar-refractivity contribution < 1.29 is 20.1 Å². The van der Waals surface area contributed by atoms with Gasteiger partial charge in [0, 0.05) is 12.5 Å². The molecule has 2 aromatic heterocycles. The number of para-hydroxylation sites is 1. The van der Waals surface area contributed by atoms with E-state index in [9.17, 15) is 15.3 Å². The maximum absolute atomic E-state index is 10.4. The molecular weight excluding hydrogens is 380 g/mol. The van der Waals surface area contributed by atoms with Gasteiger partial charge in [-0.3, -0.25) is 0 Å². The first kappa shape index (κ1) is 19.0. The van der Waals surface area contributed by atoms with Gasteiger partial charge in [0.2, 0.25) is 0 Å². The second kappa shape index (κ2) is 7.59. The predicted octanol–water partition coefficient (Wildman–Crippen LogP) is 1.58. The fourth-order valence-corrected chi connectivity index (χ4v) is 4.67. The molecule has 0 spiro atoms. The number of hydrogen-bond donors (Lipinski definition) is 4. The number of thiazole rings is 1. The normalized spacial score (nSPS) is 24.6. The van der Waals surface area contributed by atoms with Crippen molar-refractivity contribution in [3.05, 3.63) is 30.0 Å². The first-order valence-electron chi connectivity index (χ1n) is 9.04. The van der Waals surface area contributed by atoms with Crippen LogP contribution >= 0.6 is 11.3 Å². The van der Waals surface area contributed by atoms with E-state index in [2.05, 4.69) is 15.3 Å². The van der Waals surface area contributed by atoms with Gasteiger partial charge in [-0.2, -0.15) is 9.97 Å². The molecule has 0 saturated heterocycles. The van der Waals surface area contributed by atoms with Crippen LogP contribution in [0.5, 0.6) is 6.01 Å². The highest BCUT2D eigenvalue weighted by Crippen LogP contribution is 2.38. The lowest BCUT2D eigenvalue weighted by Crippen LogP contribution is -2.35. The Labute approximate surface area is 165 Å². The number of nitrogens with zero attached hydrogens (tertiary/aromatic N) is 3. The largest absolute Gasteiger partial charge is 0.467 e. The fraction of sp³-hybridized carbons (Fsp3) is 0.421. The highest BCUT2D eigenvalue weighted by molar-refractivity contribution is 7.21. The lowest BCUT2D eigenvalue weighted by molar-refractivity contribution is 0.00445. The number of aliphatic hydroxyl groups is 3. The van der Waals surface area contributed by atoms with Crippen LogP contribution in [0.1, 0.15) is 12.1 Å². The van der Waals surface area contributed by atoms with Gasteiger partial charge >= 0.3 is 6.01 Å². The number of nitrogens with one attached hydrogen (secondary N) is 1. The van der Waals surface area contributed by atoms with Gasteiger partial charge in [-0.05, 0) is 25.5 Å². The number of benzene rings is 1. The Morgan fingerprint density at radius 2 is 1.96 bits per heavy atom. The zero-order valence-electron chi connectivity index (χ0n) is 15.5. The first-order chi connectivity index (χ1) is 13.5. The van der Waals surface area contributed by atoms with Gasteiger partial charge in [-0.1, -0.05) is 12.1 Å². The molecule has 1 aromatic carbocycles. The Hall–Kier alpha value is -2.33. The summed E-state index contributed by atoms with van der Waals surface area (Å²) in [6.07, 6.45) is -1.58. The summed E-state index contributed by atoms with van der Waals surface area (Å²) in [6, 6.07) is 7.60. The standard InChI is InChI=1S/C19H22N4O4S/c1-9-14(18-22-11-5-3-4-6-13(11)28-18)17(23-19(20-9)27-2)21-12-7-10(8-24)15(25)16(12)26/h3-6,10,12,15-16,24-26H,7-8H2,1-2H3,(H,20,21,23). The van der Waals surface area contributed by atoms with Crippen molar-refractivity contribution in [2.75, 3.05) is 19.0 Å². The van der Waals surface area contributed by atoms with Crippen molar-refractivity contribution in [3.63, 3.8) is 0 Å². The molecule has 9 heteroatoms. The summed E-state index contributed by atoms with van der Waals surface area (Å²) < 4.78 is 6.26. The smallest absolute Gasteiger partial charge is 0.318 e. The second-order valence-electron chi connectivity index (χ2n) is 6.92. The number of methoxy groups -OCH3 is 1. The van der Waals surface area contributed by atoms with E-state index < -0.39 is 18.2 Å². The molecule has 148 valence electrons. The Morgan fingerprint density at radius 1 is 1.18 bits per heavy atom.